The van der Waals surface area contributed by atoms with Crippen molar-refractivity contribution in [2.45, 2.75) is 24.8 Å². The molecule has 0 saturated carbocycles. The van der Waals surface area contributed by atoms with Crippen LogP contribution < -0.4 is 4.90 Å². The summed E-state index contributed by atoms with van der Waals surface area (Å²) in [5, 5.41) is 0. The number of halogens is 1. The van der Waals surface area contributed by atoms with Gasteiger partial charge in [0.05, 0.1) is 17.5 Å². The molecule has 0 saturated heterocycles. The molecule has 1 atom stereocenters. The fraction of sp³-hybridized carbons (Fsp3) is 0.167. The van der Waals surface area contributed by atoms with E-state index in [2.05, 4.69) is 20.8 Å². The van der Waals surface area contributed by atoms with E-state index in [-0.39, 0.29) is 6.04 Å². The highest BCUT2D eigenvalue weighted by Gasteiger charge is 2.34. The van der Waals surface area contributed by atoms with Crippen molar-refractivity contribution in [2.75, 3.05) is 11.4 Å². The maximum absolute atomic E-state index is 13.4. The predicted octanol–water partition coefficient (Wildman–Crippen LogP) is 5.87. The summed E-state index contributed by atoms with van der Waals surface area (Å²) >= 11 is 3.49. The molecule has 4 nitrogen and oxygen atoms in total. The van der Waals surface area contributed by atoms with Crippen LogP contribution in [0.25, 0.3) is 0 Å². The quantitative estimate of drug-likeness (QED) is 0.466. The summed E-state index contributed by atoms with van der Waals surface area (Å²) in [6.07, 6.45) is 1.93. The summed E-state index contributed by atoms with van der Waals surface area (Å²) < 4.78 is 29.4. The van der Waals surface area contributed by atoms with Crippen LogP contribution in [-0.2, 0) is 10.0 Å². The molecule has 0 fully saturated rings. The molecule has 154 valence electrons. The van der Waals surface area contributed by atoms with Crippen LogP contribution in [0.2, 0.25) is 0 Å². The minimum atomic E-state index is -3.65. The lowest BCUT2D eigenvalue weighted by atomic mass is 10.0. The Kier molecular flexibility index (Phi) is 5.71. The van der Waals surface area contributed by atoms with E-state index in [0.717, 1.165) is 21.3 Å². The molecule has 30 heavy (non-hydrogen) atoms. The molecule has 0 aromatic heterocycles. The number of sulfonamides is 1. The van der Waals surface area contributed by atoms with E-state index in [1.807, 2.05) is 86.8 Å². The summed E-state index contributed by atoms with van der Waals surface area (Å²) in [5.41, 5.74) is 3.79. The largest absolute Gasteiger partial charge is 0.337 e. The Hall–Kier alpha value is -2.57. The van der Waals surface area contributed by atoms with E-state index in [4.69, 9.17) is 0 Å². The standard InChI is InChI=1S/C24H23BrN2O2S/c1-18-8-14-23(15-9-18)30(28,29)27-17-24(20-6-4-3-5-7-20)26(16-19(27)2)22-12-10-21(25)11-13-22/h3-16,24H,17H2,1-2H3. The van der Waals surface area contributed by atoms with Gasteiger partial charge in [-0.15, -0.1) is 0 Å². The van der Waals surface area contributed by atoms with Crippen LogP contribution in [0.5, 0.6) is 0 Å². The highest BCUT2D eigenvalue weighted by atomic mass is 79.9. The van der Waals surface area contributed by atoms with Crippen LogP contribution in [0.3, 0.4) is 0 Å². The summed E-state index contributed by atoms with van der Waals surface area (Å²) in [6, 6.07) is 25.0. The second-order valence-electron chi connectivity index (χ2n) is 7.43. The van der Waals surface area contributed by atoms with Crippen molar-refractivity contribution < 1.29 is 8.42 Å². The van der Waals surface area contributed by atoms with Crippen molar-refractivity contribution in [2.24, 2.45) is 0 Å². The van der Waals surface area contributed by atoms with Gasteiger partial charge in [0.2, 0.25) is 0 Å². The molecule has 1 unspecified atom stereocenters. The third-order valence-electron chi connectivity index (χ3n) is 5.31. The second-order valence-corrected chi connectivity index (χ2v) is 10.2. The molecule has 0 spiro atoms. The van der Waals surface area contributed by atoms with Gasteiger partial charge in [-0.3, -0.25) is 4.31 Å². The molecule has 0 N–H and O–H groups in total. The number of anilines is 1. The van der Waals surface area contributed by atoms with Gasteiger partial charge >= 0.3 is 0 Å². The molecular weight excluding hydrogens is 460 g/mol. The number of nitrogens with zero attached hydrogens (tertiary/aromatic N) is 2. The number of aryl methyl sites for hydroxylation is 1. The van der Waals surface area contributed by atoms with E-state index in [0.29, 0.717) is 17.1 Å². The van der Waals surface area contributed by atoms with Crippen molar-refractivity contribution >= 4 is 31.6 Å². The monoisotopic (exact) mass is 482 g/mol. The lowest BCUT2D eigenvalue weighted by molar-refractivity contribution is 0.420. The van der Waals surface area contributed by atoms with Gasteiger partial charge in [0.1, 0.15) is 0 Å². The van der Waals surface area contributed by atoms with E-state index >= 15 is 0 Å². The molecule has 1 aliphatic rings. The molecule has 0 bridgehead atoms. The number of benzene rings is 3. The Bertz CT molecular complexity index is 1160. The number of rotatable bonds is 4. The Morgan fingerprint density at radius 3 is 2.13 bits per heavy atom. The predicted molar refractivity (Wildman–Crippen MR) is 125 cm³/mol. The normalized spacial score (nSPS) is 17.0. The summed E-state index contributed by atoms with van der Waals surface area (Å²) in [4.78, 5) is 2.46. The first kappa shape index (κ1) is 20.7. The molecule has 0 aliphatic carbocycles. The van der Waals surface area contributed by atoms with Crippen molar-refractivity contribution in [3.05, 3.63) is 106 Å². The molecule has 0 radical (unpaired) electrons. The van der Waals surface area contributed by atoms with Gasteiger partial charge in [-0.1, -0.05) is 64.0 Å². The highest BCUT2D eigenvalue weighted by Crippen LogP contribution is 2.36. The summed E-state index contributed by atoms with van der Waals surface area (Å²) in [6.45, 7) is 4.13. The summed E-state index contributed by atoms with van der Waals surface area (Å²) in [5.74, 6) is 0. The maximum Gasteiger partial charge on any atom is 0.264 e. The zero-order valence-corrected chi connectivity index (χ0v) is 19.3. The van der Waals surface area contributed by atoms with E-state index in [1.54, 1.807) is 12.1 Å². The summed E-state index contributed by atoms with van der Waals surface area (Å²) in [7, 11) is -3.65. The van der Waals surface area contributed by atoms with Crippen LogP contribution in [0.4, 0.5) is 5.69 Å². The van der Waals surface area contributed by atoms with Crippen LogP contribution in [-0.4, -0.2) is 19.3 Å². The van der Waals surface area contributed by atoms with Gasteiger partial charge < -0.3 is 4.90 Å². The Morgan fingerprint density at radius 2 is 1.50 bits per heavy atom. The van der Waals surface area contributed by atoms with Gasteiger partial charge in [0.25, 0.3) is 10.0 Å². The van der Waals surface area contributed by atoms with Crippen LogP contribution >= 0.6 is 15.9 Å². The molecule has 1 aliphatic heterocycles. The molecule has 6 heteroatoms. The van der Waals surface area contributed by atoms with Crippen LogP contribution in [0.15, 0.2) is 100 Å². The number of hydrogen-bond donors (Lipinski definition) is 0. The second kappa shape index (κ2) is 8.28. The first-order chi connectivity index (χ1) is 14.4. The molecule has 1 heterocycles. The first-order valence-corrected chi connectivity index (χ1v) is 12.0. The minimum Gasteiger partial charge on any atom is -0.337 e. The van der Waals surface area contributed by atoms with Crippen LogP contribution in [0, 0.1) is 6.92 Å². The smallest absolute Gasteiger partial charge is 0.264 e. The number of allylic oxidation sites excluding steroid dienone is 1. The zero-order valence-electron chi connectivity index (χ0n) is 16.9. The van der Waals surface area contributed by atoms with Gasteiger partial charge in [-0.25, -0.2) is 8.42 Å². The molecule has 3 aromatic carbocycles. The van der Waals surface area contributed by atoms with E-state index in [1.165, 1.54) is 4.31 Å². The van der Waals surface area contributed by atoms with Gasteiger partial charge in [-0.05, 0) is 55.8 Å². The van der Waals surface area contributed by atoms with Crippen LogP contribution in [0.1, 0.15) is 24.1 Å². The maximum atomic E-state index is 13.4. The molecule has 4 rings (SSSR count). The fourth-order valence-corrected chi connectivity index (χ4v) is 5.44. The first-order valence-electron chi connectivity index (χ1n) is 9.73. The average Bonchev–Trinajstić information content (AvgIpc) is 2.75. The third kappa shape index (κ3) is 4.02. The molecule has 3 aromatic rings. The Balaban J connectivity index is 1.79. The van der Waals surface area contributed by atoms with Crippen molar-refractivity contribution in [1.29, 1.82) is 0 Å². The third-order valence-corrected chi connectivity index (χ3v) is 7.73. The SMILES string of the molecule is CC1=CN(c2ccc(Br)cc2)C(c2ccccc2)CN1S(=O)(=O)c1ccc(C)cc1. The topological polar surface area (TPSA) is 40.6 Å². The molecular formula is C24H23BrN2O2S. The molecule has 0 amide bonds. The lowest BCUT2D eigenvalue weighted by Crippen LogP contribution is -2.43. The Labute approximate surface area is 186 Å². The highest BCUT2D eigenvalue weighted by molar-refractivity contribution is 9.10. The Morgan fingerprint density at radius 1 is 0.867 bits per heavy atom. The minimum absolute atomic E-state index is 0.142. The fourth-order valence-electron chi connectivity index (χ4n) is 3.68. The van der Waals surface area contributed by atoms with E-state index < -0.39 is 10.0 Å². The van der Waals surface area contributed by atoms with Gasteiger partial charge in [0, 0.05) is 22.1 Å². The van der Waals surface area contributed by atoms with Crippen molar-refractivity contribution in [3.63, 3.8) is 0 Å². The number of hydrogen-bond acceptors (Lipinski definition) is 3. The lowest BCUT2D eigenvalue weighted by Gasteiger charge is -2.41. The van der Waals surface area contributed by atoms with Crippen molar-refractivity contribution in [3.8, 4) is 0 Å². The van der Waals surface area contributed by atoms with Gasteiger partial charge in [0.15, 0.2) is 0 Å². The van der Waals surface area contributed by atoms with Crippen molar-refractivity contribution in [1.82, 2.24) is 4.31 Å². The van der Waals surface area contributed by atoms with E-state index in [9.17, 15) is 8.42 Å². The zero-order chi connectivity index (χ0) is 21.3. The average molecular weight is 483 g/mol. The van der Waals surface area contributed by atoms with Gasteiger partial charge in [-0.2, -0.15) is 0 Å².